The van der Waals surface area contributed by atoms with Crippen LogP contribution >= 0.6 is 12.4 Å². The first kappa shape index (κ1) is 27.7. The van der Waals surface area contributed by atoms with Crippen LogP contribution in [0.15, 0.2) is 24.3 Å². The lowest BCUT2D eigenvalue weighted by molar-refractivity contribution is -0.138. The Morgan fingerprint density at radius 2 is 1.87 bits per heavy atom. The van der Waals surface area contributed by atoms with E-state index >= 15 is 0 Å². The van der Waals surface area contributed by atoms with E-state index in [0.29, 0.717) is 13.0 Å². The van der Waals surface area contributed by atoms with Gasteiger partial charge in [-0.25, -0.2) is 13.1 Å². The van der Waals surface area contributed by atoms with Gasteiger partial charge in [0.25, 0.3) is 0 Å². The first-order chi connectivity index (χ1) is 14.4. The van der Waals surface area contributed by atoms with Crippen molar-refractivity contribution in [1.29, 1.82) is 0 Å². The van der Waals surface area contributed by atoms with E-state index in [-0.39, 0.29) is 24.6 Å². The molecule has 1 saturated heterocycles. The van der Waals surface area contributed by atoms with Gasteiger partial charge in [0.1, 0.15) is 11.8 Å². The standard InChI is InChI=1S/C22H36N2O5S.ClH/c1-2-3-16-30(27,28)24-21(22(25)26)17-19-7-9-20(10-8-19)29-15-5-4-6-18-11-13-23-14-12-18;/h7-10,18,21,23-24H,2-6,11-17H2,1H3,(H,25,26);1H/t21-;/m0./s1. The van der Waals surface area contributed by atoms with Gasteiger partial charge in [-0.15, -0.1) is 12.4 Å². The number of carboxylic acid groups (broad SMARTS) is 1. The van der Waals surface area contributed by atoms with Gasteiger partial charge in [0.15, 0.2) is 0 Å². The quantitative estimate of drug-likeness (QED) is 0.355. The van der Waals surface area contributed by atoms with E-state index in [1.165, 1.54) is 25.7 Å². The summed E-state index contributed by atoms with van der Waals surface area (Å²) in [5.41, 5.74) is 0.749. The van der Waals surface area contributed by atoms with Crippen LogP contribution in [0.5, 0.6) is 5.75 Å². The van der Waals surface area contributed by atoms with Gasteiger partial charge < -0.3 is 15.2 Å². The van der Waals surface area contributed by atoms with Crippen molar-refractivity contribution < 1.29 is 23.1 Å². The Bertz CT molecular complexity index is 737. The van der Waals surface area contributed by atoms with Gasteiger partial charge in [-0.2, -0.15) is 0 Å². The van der Waals surface area contributed by atoms with E-state index in [4.69, 9.17) is 4.74 Å². The Labute approximate surface area is 192 Å². The average Bonchev–Trinajstić information content (AvgIpc) is 2.73. The van der Waals surface area contributed by atoms with Gasteiger partial charge in [-0.3, -0.25) is 4.79 Å². The number of carbonyl (C=O) groups is 1. The maximum atomic E-state index is 12.0. The molecule has 3 N–H and O–H groups in total. The topological polar surface area (TPSA) is 105 Å². The van der Waals surface area contributed by atoms with E-state index in [2.05, 4.69) is 10.0 Å². The zero-order chi connectivity index (χ0) is 21.8. The van der Waals surface area contributed by atoms with Crippen molar-refractivity contribution in [1.82, 2.24) is 10.0 Å². The highest BCUT2D eigenvalue weighted by atomic mass is 35.5. The fourth-order valence-corrected chi connectivity index (χ4v) is 5.05. The molecule has 0 radical (unpaired) electrons. The van der Waals surface area contributed by atoms with Crippen molar-refractivity contribution >= 4 is 28.4 Å². The Kier molecular flexibility index (Phi) is 13.1. The molecule has 2 rings (SSSR count). The van der Waals surface area contributed by atoms with Crippen molar-refractivity contribution in [2.45, 2.75) is 64.3 Å². The van der Waals surface area contributed by atoms with E-state index in [1.54, 1.807) is 12.1 Å². The molecule has 0 bridgehead atoms. The summed E-state index contributed by atoms with van der Waals surface area (Å²) in [6.07, 6.45) is 7.33. The molecule has 1 atom stereocenters. The first-order valence-electron chi connectivity index (χ1n) is 11.0. The third-order valence-corrected chi connectivity index (χ3v) is 6.95. The highest BCUT2D eigenvalue weighted by Gasteiger charge is 2.24. The van der Waals surface area contributed by atoms with E-state index < -0.39 is 22.0 Å². The minimum Gasteiger partial charge on any atom is -0.494 e. The molecule has 31 heavy (non-hydrogen) atoms. The summed E-state index contributed by atoms with van der Waals surface area (Å²) in [5, 5.41) is 12.8. The molecule has 1 aliphatic rings. The Morgan fingerprint density at radius 1 is 1.19 bits per heavy atom. The summed E-state index contributed by atoms with van der Waals surface area (Å²) in [7, 11) is -3.60. The number of ether oxygens (including phenoxy) is 1. The van der Waals surface area contributed by atoms with Crippen molar-refractivity contribution in [2.24, 2.45) is 5.92 Å². The summed E-state index contributed by atoms with van der Waals surface area (Å²) in [6, 6.07) is 6.04. The highest BCUT2D eigenvalue weighted by molar-refractivity contribution is 7.89. The minimum atomic E-state index is -3.60. The maximum Gasteiger partial charge on any atom is 0.322 e. The number of carboxylic acids is 1. The number of hydrogen-bond donors (Lipinski definition) is 3. The molecule has 1 aromatic carbocycles. The molecule has 9 heteroatoms. The summed E-state index contributed by atoms with van der Waals surface area (Å²) < 4.78 is 32.1. The molecule has 178 valence electrons. The molecular weight excluding hydrogens is 440 g/mol. The van der Waals surface area contributed by atoms with Gasteiger partial charge in [0, 0.05) is 0 Å². The lowest BCUT2D eigenvalue weighted by Crippen LogP contribution is -2.43. The SMILES string of the molecule is CCCCS(=O)(=O)N[C@@H](Cc1ccc(OCCCCC2CCNCC2)cc1)C(=O)O.Cl. The normalized spacial score (nSPS) is 15.8. The molecule has 1 fully saturated rings. The monoisotopic (exact) mass is 476 g/mol. The van der Waals surface area contributed by atoms with Gasteiger partial charge in [0.2, 0.25) is 10.0 Å². The number of hydrogen-bond acceptors (Lipinski definition) is 5. The molecule has 1 heterocycles. The van der Waals surface area contributed by atoms with Crippen molar-refractivity contribution in [3.63, 3.8) is 0 Å². The minimum absolute atomic E-state index is 0. The number of unbranched alkanes of at least 4 members (excludes halogenated alkanes) is 2. The molecule has 1 aromatic rings. The predicted molar refractivity (Wildman–Crippen MR) is 126 cm³/mol. The Morgan fingerprint density at radius 3 is 2.48 bits per heavy atom. The van der Waals surface area contributed by atoms with Gasteiger partial charge in [0.05, 0.1) is 12.4 Å². The second-order valence-corrected chi connectivity index (χ2v) is 9.94. The zero-order valence-electron chi connectivity index (χ0n) is 18.3. The zero-order valence-corrected chi connectivity index (χ0v) is 20.0. The van der Waals surface area contributed by atoms with Gasteiger partial charge >= 0.3 is 5.97 Å². The largest absolute Gasteiger partial charge is 0.494 e. The molecule has 0 unspecified atom stereocenters. The second-order valence-electron chi connectivity index (χ2n) is 8.07. The first-order valence-corrected chi connectivity index (χ1v) is 12.7. The molecule has 0 saturated carbocycles. The van der Waals surface area contributed by atoms with Crippen molar-refractivity contribution in [2.75, 3.05) is 25.4 Å². The van der Waals surface area contributed by atoms with Crippen LogP contribution in [-0.2, 0) is 21.2 Å². The third kappa shape index (κ3) is 11.2. The smallest absolute Gasteiger partial charge is 0.322 e. The Hall–Kier alpha value is -1.35. The summed E-state index contributed by atoms with van der Waals surface area (Å²) in [6.45, 7) is 4.83. The number of aliphatic carboxylic acids is 1. The van der Waals surface area contributed by atoms with Crippen LogP contribution < -0.4 is 14.8 Å². The highest BCUT2D eigenvalue weighted by Crippen LogP contribution is 2.19. The van der Waals surface area contributed by atoms with Crippen LogP contribution in [0.2, 0.25) is 0 Å². The molecule has 0 aliphatic carbocycles. The number of nitrogens with one attached hydrogen (secondary N) is 2. The van der Waals surface area contributed by atoms with E-state index in [0.717, 1.165) is 43.2 Å². The van der Waals surface area contributed by atoms with Crippen molar-refractivity contribution in [3.8, 4) is 5.75 Å². The third-order valence-electron chi connectivity index (χ3n) is 5.48. The predicted octanol–water partition coefficient (Wildman–Crippen LogP) is 3.37. The second kappa shape index (κ2) is 14.7. The average molecular weight is 477 g/mol. The summed E-state index contributed by atoms with van der Waals surface area (Å²) in [5.74, 6) is 0.352. The van der Waals surface area contributed by atoms with Gasteiger partial charge in [-0.1, -0.05) is 31.9 Å². The van der Waals surface area contributed by atoms with Crippen LogP contribution in [0.25, 0.3) is 0 Å². The summed E-state index contributed by atoms with van der Waals surface area (Å²) >= 11 is 0. The molecule has 0 aromatic heterocycles. The molecule has 0 spiro atoms. The van der Waals surface area contributed by atoms with E-state index in [1.807, 2.05) is 19.1 Å². The van der Waals surface area contributed by atoms with Crippen LogP contribution in [0.4, 0.5) is 0 Å². The lowest BCUT2D eigenvalue weighted by Gasteiger charge is -2.22. The fraction of sp³-hybridized carbons (Fsp3) is 0.682. The molecule has 1 aliphatic heterocycles. The lowest BCUT2D eigenvalue weighted by atomic mass is 9.93. The number of rotatable bonds is 14. The van der Waals surface area contributed by atoms with Crippen LogP contribution in [-0.4, -0.2) is 51.0 Å². The van der Waals surface area contributed by atoms with Crippen LogP contribution in [0.1, 0.15) is 57.4 Å². The molecule has 0 amide bonds. The fourth-order valence-electron chi connectivity index (χ4n) is 3.64. The maximum absolute atomic E-state index is 12.0. The van der Waals surface area contributed by atoms with Crippen molar-refractivity contribution in [3.05, 3.63) is 29.8 Å². The number of sulfonamides is 1. The number of halogens is 1. The number of piperidine rings is 1. The summed E-state index contributed by atoms with van der Waals surface area (Å²) in [4.78, 5) is 11.5. The Balaban J connectivity index is 0.00000480. The molecular formula is C22H37ClN2O5S. The van der Waals surface area contributed by atoms with E-state index in [9.17, 15) is 18.3 Å². The van der Waals surface area contributed by atoms with Crippen LogP contribution in [0.3, 0.4) is 0 Å². The van der Waals surface area contributed by atoms with Crippen LogP contribution in [0, 0.1) is 5.92 Å². The molecule has 7 nitrogen and oxygen atoms in total. The number of benzene rings is 1. The van der Waals surface area contributed by atoms with Gasteiger partial charge in [-0.05, 0) is 75.2 Å².